The van der Waals surface area contributed by atoms with Crippen LogP contribution in [0.4, 0.5) is 13.2 Å². The molecule has 0 spiro atoms. The van der Waals surface area contributed by atoms with E-state index in [-0.39, 0.29) is 19.2 Å². The van der Waals surface area contributed by atoms with Crippen molar-refractivity contribution in [1.29, 1.82) is 0 Å². The molecule has 2 aliphatic rings. The maximum absolute atomic E-state index is 12.8. The monoisotopic (exact) mass is 266 g/mol. The number of halogens is 3. The molecule has 2 fully saturated rings. The van der Waals surface area contributed by atoms with Crippen LogP contribution in [0.25, 0.3) is 0 Å². The van der Waals surface area contributed by atoms with Gasteiger partial charge < -0.3 is 10.1 Å². The highest BCUT2D eigenvalue weighted by Crippen LogP contribution is 2.27. The Kier molecular flexibility index (Phi) is 4.86. The molecule has 0 bridgehead atoms. The Morgan fingerprint density at radius 1 is 1.28 bits per heavy atom. The minimum absolute atomic E-state index is 0.0333. The number of rotatable bonds is 2. The van der Waals surface area contributed by atoms with Gasteiger partial charge in [-0.2, -0.15) is 13.2 Å². The molecule has 2 atom stereocenters. The Hall–Kier alpha value is -0.330. The second-order valence-corrected chi connectivity index (χ2v) is 5.19. The van der Waals surface area contributed by atoms with Gasteiger partial charge in [-0.15, -0.1) is 0 Å². The lowest BCUT2D eigenvalue weighted by Gasteiger charge is -2.30. The summed E-state index contributed by atoms with van der Waals surface area (Å²) in [5.74, 6) is -1.26. The highest BCUT2D eigenvalue weighted by atomic mass is 19.4. The van der Waals surface area contributed by atoms with Crippen LogP contribution in [0.1, 0.15) is 19.3 Å². The van der Waals surface area contributed by atoms with E-state index in [9.17, 15) is 13.2 Å². The Morgan fingerprint density at radius 2 is 2.11 bits per heavy atom. The van der Waals surface area contributed by atoms with E-state index in [0.29, 0.717) is 19.6 Å². The predicted molar refractivity (Wildman–Crippen MR) is 62.4 cm³/mol. The molecule has 18 heavy (non-hydrogen) atoms. The molecule has 2 rings (SSSR count). The zero-order valence-corrected chi connectivity index (χ0v) is 10.5. The third-order valence-electron chi connectivity index (χ3n) is 3.67. The van der Waals surface area contributed by atoms with Crippen molar-refractivity contribution in [3.05, 3.63) is 0 Å². The zero-order valence-electron chi connectivity index (χ0n) is 10.5. The van der Waals surface area contributed by atoms with Gasteiger partial charge in [-0.25, -0.2) is 0 Å². The molecular weight excluding hydrogens is 245 g/mol. The van der Waals surface area contributed by atoms with E-state index >= 15 is 0 Å². The first-order valence-electron chi connectivity index (χ1n) is 6.67. The summed E-state index contributed by atoms with van der Waals surface area (Å²) in [6.07, 6.45) is -0.822. The van der Waals surface area contributed by atoms with Gasteiger partial charge in [0.05, 0.1) is 12.0 Å². The molecule has 6 heteroatoms. The lowest BCUT2D eigenvalue weighted by atomic mass is 10.1. The van der Waals surface area contributed by atoms with Crippen molar-refractivity contribution in [2.45, 2.75) is 31.5 Å². The van der Waals surface area contributed by atoms with Crippen LogP contribution < -0.4 is 5.32 Å². The van der Waals surface area contributed by atoms with Crippen LogP contribution in [0.5, 0.6) is 0 Å². The largest absolute Gasteiger partial charge is 0.394 e. The van der Waals surface area contributed by atoms with E-state index in [1.54, 1.807) is 0 Å². The molecule has 0 amide bonds. The van der Waals surface area contributed by atoms with E-state index in [1.165, 1.54) is 0 Å². The van der Waals surface area contributed by atoms with Crippen molar-refractivity contribution >= 4 is 0 Å². The van der Waals surface area contributed by atoms with Gasteiger partial charge in [-0.05, 0) is 19.3 Å². The smallest absolute Gasteiger partial charge is 0.377 e. The minimum Gasteiger partial charge on any atom is -0.377 e. The van der Waals surface area contributed by atoms with Gasteiger partial charge in [0, 0.05) is 39.3 Å². The van der Waals surface area contributed by atoms with Gasteiger partial charge in [0.1, 0.15) is 0 Å². The molecule has 0 aliphatic carbocycles. The summed E-state index contributed by atoms with van der Waals surface area (Å²) in [5, 5.41) is 2.87. The Balaban J connectivity index is 1.86. The topological polar surface area (TPSA) is 24.5 Å². The molecule has 0 aromatic rings. The summed E-state index contributed by atoms with van der Waals surface area (Å²) in [6, 6.07) is 0. The van der Waals surface area contributed by atoms with Crippen molar-refractivity contribution in [3.63, 3.8) is 0 Å². The molecule has 0 saturated carbocycles. The summed E-state index contributed by atoms with van der Waals surface area (Å²) >= 11 is 0. The lowest BCUT2D eigenvalue weighted by Crippen LogP contribution is -2.42. The normalized spacial score (nSPS) is 32.2. The van der Waals surface area contributed by atoms with Gasteiger partial charge in [-0.3, -0.25) is 4.90 Å². The van der Waals surface area contributed by atoms with E-state index in [0.717, 1.165) is 25.9 Å². The van der Waals surface area contributed by atoms with Gasteiger partial charge >= 0.3 is 6.18 Å². The second-order valence-electron chi connectivity index (χ2n) is 5.19. The van der Waals surface area contributed by atoms with Crippen molar-refractivity contribution in [1.82, 2.24) is 10.2 Å². The van der Waals surface area contributed by atoms with Crippen LogP contribution in [-0.2, 0) is 4.74 Å². The number of nitrogens with zero attached hydrogens (tertiary/aromatic N) is 1. The molecule has 106 valence electrons. The fourth-order valence-corrected chi connectivity index (χ4v) is 2.61. The second kappa shape index (κ2) is 6.21. The van der Waals surface area contributed by atoms with Crippen molar-refractivity contribution in [2.75, 3.05) is 39.3 Å². The van der Waals surface area contributed by atoms with E-state index in [4.69, 9.17) is 4.74 Å². The van der Waals surface area contributed by atoms with Crippen molar-refractivity contribution < 1.29 is 17.9 Å². The number of alkyl halides is 3. The molecule has 2 heterocycles. The predicted octanol–water partition coefficient (Wildman–Crippen LogP) is 1.64. The van der Waals surface area contributed by atoms with Gasteiger partial charge in [0.15, 0.2) is 0 Å². The van der Waals surface area contributed by atoms with E-state index < -0.39 is 12.1 Å². The van der Waals surface area contributed by atoms with Crippen LogP contribution in [0.15, 0.2) is 0 Å². The van der Waals surface area contributed by atoms with E-state index in [1.807, 2.05) is 4.90 Å². The molecule has 2 aliphatic heterocycles. The summed E-state index contributed by atoms with van der Waals surface area (Å²) in [6.45, 7) is 2.81. The van der Waals surface area contributed by atoms with Crippen LogP contribution in [0, 0.1) is 5.92 Å². The third kappa shape index (κ3) is 4.10. The van der Waals surface area contributed by atoms with Gasteiger partial charge in [-0.1, -0.05) is 0 Å². The third-order valence-corrected chi connectivity index (χ3v) is 3.67. The molecule has 0 aromatic carbocycles. The number of hydrogen-bond donors (Lipinski definition) is 1. The van der Waals surface area contributed by atoms with Gasteiger partial charge in [0.2, 0.25) is 0 Å². The van der Waals surface area contributed by atoms with Gasteiger partial charge in [0.25, 0.3) is 0 Å². The maximum atomic E-state index is 12.8. The van der Waals surface area contributed by atoms with E-state index in [2.05, 4.69) is 5.32 Å². The number of nitrogens with one attached hydrogen (secondary N) is 1. The average molecular weight is 266 g/mol. The first-order chi connectivity index (χ1) is 8.55. The highest BCUT2D eigenvalue weighted by molar-refractivity contribution is 4.80. The summed E-state index contributed by atoms with van der Waals surface area (Å²) in [7, 11) is 0. The first kappa shape index (κ1) is 14.1. The van der Waals surface area contributed by atoms with Crippen molar-refractivity contribution in [3.8, 4) is 0 Å². The minimum atomic E-state index is -4.11. The summed E-state index contributed by atoms with van der Waals surface area (Å²) in [5.41, 5.74) is 0. The van der Waals surface area contributed by atoms with Crippen LogP contribution >= 0.6 is 0 Å². The first-order valence-corrected chi connectivity index (χ1v) is 6.67. The zero-order chi connectivity index (χ0) is 13.0. The molecule has 2 saturated heterocycles. The quantitative estimate of drug-likeness (QED) is 0.822. The number of ether oxygens (including phenoxy) is 1. The average Bonchev–Trinajstić information content (AvgIpc) is 2.55. The molecule has 0 aromatic heterocycles. The molecule has 1 N–H and O–H groups in total. The SMILES string of the molecule is FC(F)(F)C1CNCCN(CC2CCCCO2)C1. The van der Waals surface area contributed by atoms with Crippen LogP contribution in [0.2, 0.25) is 0 Å². The Labute approximate surface area is 106 Å². The number of hydrogen-bond acceptors (Lipinski definition) is 3. The standard InChI is InChI=1S/C12H21F3N2O/c13-12(14,15)10-7-16-4-5-17(8-10)9-11-3-1-2-6-18-11/h10-11,16H,1-9H2. The molecular formula is C12H21F3N2O. The van der Waals surface area contributed by atoms with Crippen LogP contribution in [-0.4, -0.2) is 56.5 Å². The van der Waals surface area contributed by atoms with Crippen molar-refractivity contribution in [2.24, 2.45) is 5.92 Å². The lowest BCUT2D eigenvalue weighted by molar-refractivity contribution is -0.176. The molecule has 3 nitrogen and oxygen atoms in total. The summed E-state index contributed by atoms with van der Waals surface area (Å²) in [4.78, 5) is 1.90. The molecule has 2 unspecified atom stereocenters. The highest BCUT2D eigenvalue weighted by Gasteiger charge is 2.41. The fourth-order valence-electron chi connectivity index (χ4n) is 2.61. The molecule has 0 radical (unpaired) electrons. The summed E-state index contributed by atoms with van der Waals surface area (Å²) < 4.78 is 43.9. The fraction of sp³-hybridized carbons (Fsp3) is 1.00. The Morgan fingerprint density at radius 3 is 2.78 bits per heavy atom. The maximum Gasteiger partial charge on any atom is 0.394 e. The van der Waals surface area contributed by atoms with Crippen LogP contribution in [0.3, 0.4) is 0 Å². The Bertz CT molecular complexity index is 254.